The number of carboxylic acids is 1. The van der Waals surface area contributed by atoms with Gasteiger partial charge >= 0.3 is 5.97 Å². The lowest BCUT2D eigenvalue weighted by molar-refractivity contribution is -0.142. The molecule has 1 N–H and O–H groups in total. The van der Waals surface area contributed by atoms with Crippen molar-refractivity contribution in [1.82, 2.24) is 10.2 Å². The van der Waals surface area contributed by atoms with Gasteiger partial charge in [-0.3, -0.25) is 4.79 Å². The van der Waals surface area contributed by atoms with Crippen LogP contribution < -0.4 is 9.80 Å². The van der Waals surface area contributed by atoms with Gasteiger partial charge in [0.25, 0.3) is 0 Å². The van der Waals surface area contributed by atoms with Gasteiger partial charge in [-0.1, -0.05) is 0 Å². The number of nitrogens with zero attached hydrogens (tertiary/aromatic N) is 4. The van der Waals surface area contributed by atoms with E-state index in [1.165, 1.54) is 0 Å². The molecule has 0 aromatic carbocycles. The van der Waals surface area contributed by atoms with Crippen LogP contribution in [0.25, 0.3) is 0 Å². The third kappa shape index (κ3) is 3.18. The summed E-state index contributed by atoms with van der Waals surface area (Å²) in [5.41, 5.74) is 0. The van der Waals surface area contributed by atoms with E-state index < -0.39 is 5.97 Å². The van der Waals surface area contributed by atoms with Crippen molar-refractivity contribution in [2.24, 2.45) is 5.92 Å². The van der Waals surface area contributed by atoms with Crippen molar-refractivity contribution in [2.75, 3.05) is 36.0 Å². The number of hydrogen-bond acceptors (Lipinski definition) is 5. The predicted octanol–water partition coefficient (Wildman–Crippen LogP) is 1.62. The van der Waals surface area contributed by atoms with Gasteiger partial charge in [0, 0.05) is 26.2 Å². The van der Waals surface area contributed by atoms with Crippen LogP contribution in [0.3, 0.4) is 0 Å². The van der Waals surface area contributed by atoms with E-state index in [9.17, 15) is 4.79 Å². The molecule has 1 saturated heterocycles. The standard InChI is InChI=1S/C14H22N4O2/c1-3-17(4-2)12-5-6-13(16-15-12)18-9-7-11(8-10-18)14(19)20/h5-6,11H,3-4,7-10H2,1-2H3,(H,19,20). The van der Waals surface area contributed by atoms with Crippen LogP contribution in [0.1, 0.15) is 26.7 Å². The molecule has 6 heteroatoms. The van der Waals surface area contributed by atoms with E-state index in [0.29, 0.717) is 12.8 Å². The van der Waals surface area contributed by atoms with Gasteiger partial charge in [0.15, 0.2) is 11.6 Å². The largest absolute Gasteiger partial charge is 0.481 e. The Morgan fingerprint density at radius 1 is 1.30 bits per heavy atom. The number of piperidine rings is 1. The lowest BCUT2D eigenvalue weighted by Crippen LogP contribution is -2.37. The zero-order chi connectivity index (χ0) is 14.5. The maximum atomic E-state index is 10.9. The number of aliphatic carboxylic acids is 1. The molecule has 1 aromatic heterocycles. The minimum Gasteiger partial charge on any atom is -0.481 e. The first kappa shape index (κ1) is 14.6. The molecule has 0 bridgehead atoms. The van der Waals surface area contributed by atoms with Gasteiger partial charge in [-0.05, 0) is 38.8 Å². The van der Waals surface area contributed by atoms with Crippen molar-refractivity contribution in [3.63, 3.8) is 0 Å². The number of rotatable bonds is 5. The summed E-state index contributed by atoms with van der Waals surface area (Å²) in [6, 6.07) is 3.96. The molecule has 0 aliphatic carbocycles. The van der Waals surface area contributed by atoms with E-state index in [4.69, 9.17) is 5.11 Å². The maximum Gasteiger partial charge on any atom is 0.306 e. The minimum absolute atomic E-state index is 0.214. The number of anilines is 2. The summed E-state index contributed by atoms with van der Waals surface area (Å²) in [6.45, 7) is 7.47. The third-order valence-electron chi connectivity index (χ3n) is 3.89. The lowest BCUT2D eigenvalue weighted by Gasteiger charge is -2.30. The maximum absolute atomic E-state index is 10.9. The monoisotopic (exact) mass is 278 g/mol. The zero-order valence-electron chi connectivity index (χ0n) is 12.1. The van der Waals surface area contributed by atoms with Gasteiger partial charge in [-0.25, -0.2) is 0 Å². The number of carboxylic acid groups (broad SMARTS) is 1. The molecule has 0 radical (unpaired) electrons. The Kier molecular flexibility index (Phi) is 4.76. The average Bonchev–Trinajstić information content (AvgIpc) is 2.49. The highest BCUT2D eigenvalue weighted by Gasteiger charge is 2.25. The quantitative estimate of drug-likeness (QED) is 0.882. The Bertz CT molecular complexity index is 437. The molecule has 0 spiro atoms. The summed E-state index contributed by atoms with van der Waals surface area (Å²) >= 11 is 0. The first-order chi connectivity index (χ1) is 9.65. The molecule has 0 atom stereocenters. The van der Waals surface area contributed by atoms with E-state index in [0.717, 1.165) is 37.8 Å². The Balaban J connectivity index is 1.99. The third-order valence-corrected chi connectivity index (χ3v) is 3.89. The Hall–Kier alpha value is -1.85. The molecule has 0 unspecified atom stereocenters. The van der Waals surface area contributed by atoms with Crippen molar-refractivity contribution in [1.29, 1.82) is 0 Å². The van der Waals surface area contributed by atoms with Crippen LogP contribution in [-0.2, 0) is 4.79 Å². The summed E-state index contributed by atoms with van der Waals surface area (Å²) in [5.74, 6) is 0.825. The van der Waals surface area contributed by atoms with Gasteiger partial charge in [0.05, 0.1) is 5.92 Å². The van der Waals surface area contributed by atoms with Gasteiger partial charge in [-0.15, -0.1) is 10.2 Å². The average molecular weight is 278 g/mol. The fourth-order valence-corrected chi connectivity index (χ4v) is 2.56. The van der Waals surface area contributed by atoms with E-state index in [2.05, 4.69) is 33.8 Å². The fourth-order valence-electron chi connectivity index (χ4n) is 2.56. The van der Waals surface area contributed by atoms with Crippen LogP contribution in [0, 0.1) is 5.92 Å². The van der Waals surface area contributed by atoms with Crippen molar-refractivity contribution in [2.45, 2.75) is 26.7 Å². The fraction of sp³-hybridized carbons (Fsp3) is 0.643. The van der Waals surface area contributed by atoms with Crippen LogP contribution in [0.15, 0.2) is 12.1 Å². The van der Waals surface area contributed by atoms with Gasteiger partial charge in [-0.2, -0.15) is 0 Å². The molecule has 2 rings (SSSR count). The van der Waals surface area contributed by atoms with E-state index in [1.54, 1.807) is 0 Å². The van der Waals surface area contributed by atoms with Crippen molar-refractivity contribution >= 4 is 17.6 Å². The summed E-state index contributed by atoms with van der Waals surface area (Å²) in [6.07, 6.45) is 1.35. The van der Waals surface area contributed by atoms with Crippen LogP contribution >= 0.6 is 0 Å². The molecule has 20 heavy (non-hydrogen) atoms. The summed E-state index contributed by atoms with van der Waals surface area (Å²) in [7, 11) is 0. The summed E-state index contributed by atoms with van der Waals surface area (Å²) < 4.78 is 0. The normalized spacial score (nSPS) is 16.2. The molecule has 6 nitrogen and oxygen atoms in total. The molecular weight excluding hydrogens is 256 g/mol. The van der Waals surface area contributed by atoms with E-state index in [-0.39, 0.29) is 5.92 Å². The number of carbonyl (C=O) groups is 1. The summed E-state index contributed by atoms with van der Waals surface area (Å²) in [4.78, 5) is 15.2. The molecule has 1 fully saturated rings. The van der Waals surface area contributed by atoms with Crippen LogP contribution in [0.2, 0.25) is 0 Å². The first-order valence-corrected chi connectivity index (χ1v) is 7.22. The zero-order valence-corrected chi connectivity index (χ0v) is 12.1. The van der Waals surface area contributed by atoms with Crippen molar-refractivity contribution in [3.05, 3.63) is 12.1 Å². The molecule has 0 saturated carbocycles. The Morgan fingerprint density at radius 2 is 1.95 bits per heavy atom. The molecule has 1 aliphatic heterocycles. The highest BCUT2D eigenvalue weighted by molar-refractivity contribution is 5.70. The summed E-state index contributed by atoms with van der Waals surface area (Å²) in [5, 5.41) is 17.5. The molecule has 0 amide bonds. The Morgan fingerprint density at radius 3 is 2.40 bits per heavy atom. The molecule has 1 aromatic rings. The van der Waals surface area contributed by atoms with Gasteiger partial charge in [0.1, 0.15) is 0 Å². The topological polar surface area (TPSA) is 69.6 Å². The molecular formula is C14H22N4O2. The minimum atomic E-state index is -0.687. The predicted molar refractivity (Wildman–Crippen MR) is 78.2 cm³/mol. The lowest BCUT2D eigenvalue weighted by atomic mass is 9.97. The highest BCUT2D eigenvalue weighted by Crippen LogP contribution is 2.22. The molecule has 1 aliphatic rings. The van der Waals surface area contributed by atoms with E-state index in [1.807, 2.05) is 12.1 Å². The van der Waals surface area contributed by atoms with Crippen molar-refractivity contribution in [3.8, 4) is 0 Å². The first-order valence-electron chi connectivity index (χ1n) is 7.22. The van der Waals surface area contributed by atoms with Crippen LogP contribution in [0.4, 0.5) is 11.6 Å². The smallest absolute Gasteiger partial charge is 0.306 e. The molecule has 2 heterocycles. The second-order valence-corrected chi connectivity index (χ2v) is 5.02. The highest BCUT2D eigenvalue weighted by atomic mass is 16.4. The molecule has 110 valence electrons. The van der Waals surface area contributed by atoms with Crippen LogP contribution in [0.5, 0.6) is 0 Å². The van der Waals surface area contributed by atoms with Crippen molar-refractivity contribution < 1.29 is 9.90 Å². The Labute approximate surface area is 119 Å². The van der Waals surface area contributed by atoms with Gasteiger partial charge in [0.2, 0.25) is 0 Å². The van der Waals surface area contributed by atoms with Crippen LogP contribution in [-0.4, -0.2) is 47.5 Å². The number of hydrogen-bond donors (Lipinski definition) is 1. The van der Waals surface area contributed by atoms with Gasteiger partial charge < -0.3 is 14.9 Å². The second kappa shape index (κ2) is 6.54. The second-order valence-electron chi connectivity index (χ2n) is 5.02. The number of aromatic nitrogens is 2. The van der Waals surface area contributed by atoms with E-state index >= 15 is 0 Å². The SMILES string of the molecule is CCN(CC)c1ccc(N2CCC(C(=O)O)CC2)nn1.